The lowest BCUT2D eigenvalue weighted by molar-refractivity contribution is -0.121. The molecule has 1 amide bonds. The quantitative estimate of drug-likeness (QED) is 0.785. The van der Waals surface area contributed by atoms with Crippen molar-refractivity contribution in [3.05, 3.63) is 64.0 Å². The van der Waals surface area contributed by atoms with Crippen molar-refractivity contribution in [2.45, 2.75) is 19.4 Å². The Labute approximate surface area is 143 Å². The van der Waals surface area contributed by atoms with E-state index in [1.165, 1.54) is 0 Å². The number of carbonyl (C=O) groups is 1. The van der Waals surface area contributed by atoms with Crippen LogP contribution in [0.15, 0.2) is 42.6 Å². The molecule has 3 aromatic rings. The van der Waals surface area contributed by atoms with E-state index in [1.807, 2.05) is 35.7 Å². The summed E-state index contributed by atoms with van der Waals surface area (Å²) in [6.45, 7) is 1.87. The summed E-state index contributed by atoms with van der Waals surface area (Å²) in [6.07, 6.45) is 2.09. The molecule has 0 aliphatic heterocycles. The number of aromatic nitrogens is 3. The maximum atomic E-state index is 12.2. The van der Waals surface area contributed by atoms with Crippen LogP contribution in [0, 0.1) is 0 Å². The van der Waals surface area contributed by atoms with E-state index >= 15 is 0 Å². The molecule has 0 bridgehead atoms. The number of carbonyl (C=O) groups excluding carboxylic acids is 1. The highest BCUT2D eigenvalue weighted by Gasteiger charge is 2.16. The number of amides is 1. The Hall–Kier alpha value is -2.11. The maximum Gasteiger partial charge on any atom is 0.224 e. The van der Waals surface area contributed by atoms with Crippen LogP contribution in [-0.4, -0.2) is 20.5 Å². The van der Waals surface area contributed by atoms with Crippen molar-refractivity contribution in [1.82, 2.24) is 19.9 Å². The third-order valence-corrected chi connectivity index (χ3v) is 4.19. The first-order valence-electron chi connectivity index (χ1n) is 7.07. The van der Waals surface area contributed by atoms with Crippen LogP contribution in [-0.2, 0) is 11.2 Å². The van der Waals surface area contributed by atoms with Crippen molar-refractivity contribution >= 4 is 34.8 Å². The number of hydrogen-bond donors (Lipinski definition) is 1. The summed E-state index contributed by atoms with van der Waals surface area (Å²) >= 11 is 11.8. The van der Waals surface area contributed by atoms with Crippen LogP contribution < -0.4 is 5.32 Å². The van der Waals surface area contributed by atoms with E-state index in [0.717, 1.165) is 11.2 Å². The summed E-state index contributed by atoms with van der Waals surface area (Å²) in [5.41, 5.74) is 1.54. The van der Waals surface area contributed by atoms with Crippen LogP contribution in [0.25, 0.3) is 5.65 Å². The summed E-state index contributed by atoms with van der Waals surface area (Å²) in [5.74, 6) is 0.562. The van der Waals surface area contributed by atoms with E-state index in [0.29, 0.717) is 15.9 Å². The highest BCUT2D eigenvalue weighted by molar-refractivity contribution is 6.42. The lowest BCUT2D eigenvalue weighted by Gasteiger charge is -2.12. The fourth-order valence-electron chi connectivity index (χ4n) is 2.35. The van der Waals surface area contributed by atoms with E-state index in [9.17, 15) is 4.79 Å². The Morgan fingerprint density at radius 3 is 2.83 bits per heavy atom. The summed E-state index contributed by atoms with van der Waals surface area (Å²) in [4.78, 5) is 12.2. The van der Waals surface area contributed by atoms with Gasteiger partial charge in [0.1, 0.15) is 0 Å². The summed E-state index contributed by atoms with van der Waals surface area (Å²) < 4.78 is 1.85. The van der Waals surface area contributed by atoms with Crippen LogP contribution in [0.4, 0.5) is 0 Å². The van der Waals surface area contributed by atoms with E-state index in [4.69, 9.17) is 23.2 Å². The molecule has 1 N–H and O–H groups in total. The predicted molar refractivity (Wildman–Crippen MR) is 89.7 cm³/mol. The van der Waals surface area contributed by atoms with Crippen LogP contribution in [0.5, 0.6) is 0 Å². The molecule has 0 saturated carbocycles. The topological polar surface area (TPSA) is 59.3 Å². The van der Waals surface area contributed by atoms with Crippen LogP contribution in [0.1, 0.15) is 24.4 Å². The largest absolute Gasteiger partial charge is 0.346 e. The maximum absolute atomic E-state index is 12.2. The number of nitrogens with one attached hydrogen (secondary N) is 1. The first-order chi connectivity index (χ1) is 11.0. The monoisotopic (exact) mass is 348 g/mol. The summed E-state index contributed by atoms with van der Waals surface area (Å²) in [7, 11) is 0. The fourth-order valence-corrected chi connectivity index (χ4v) is 2.67. The normalized spacial score (nSPS) is 12.3. The molecule has 23 heavy (non-hydrogen) atoms. The van der Waals surface area contributed by atoms with Gasteiger partial charge >= 0.3 is 0 Å². The molecular formula is C16H14Cl2N4O. The minimum Gasteiger partial charge on any atom is -0.346 e. The summed E-state index contributed by atoms with van der Waals surface area (Å²) in [6, 6.07) is 10.5. The van der Waals surface area contributed by atoms with Gasteiger partial charge in [-0.05, 0) is 36.8 Å². The highest BCUT2D eigenvalue weighted by atomic mass is 35.5. The Kier molecular flexibility index (Phi) is 4.50. The van der Waals surface area contributed by atoms with E-state index < -0.39 is 0 Å². The molecule has 1 atom stereocenters. The van der Waals surface area contributed by atoms with Gasteiger partial charge in [-0.1, -0.05) is 35.3 Å². The fraction of sp³-hybridized carbons (Fsp3) is 0.188. The molecule has 5 nitrogen and oxygen atoms in total. The van der Waals surface area contributed by atoms with E-state index in [1.54, 1.807) is 18.2 Å². The standard InChI is InChI=1S/C16H14Cl2N4O/c1-10(16-21-20-14-4-2-3-7-22(14)16)19-15(23)9-11-5-6-12(17)13(18)8-11/h2-8,10H,9H2,1H3,(H,19,23). The molecule has 0 fully saturated rings. The number of nitrogens with zero attached hydrogens (tertiary/aromatic N) is 3. The predicted octanol–water partition coefficient (Wildman–Crippen LogP) is 3.46. The van der Waals surface area contributed by atoms with Crippen molar-refractivity contribution in [2.24, 2.45) is 0 Å². The van der Waals surface area contributed by atoms with Gasteiger partial charge in [0.15, 0.2) is 11.5 Å². The van der Waals surface area contributed by atoms with Crippen LogP contribution in [0.2, 0.25) is 10.0 Å². The molecule has 1 aromatic carbocycles. The lowest BCUT2D eigenvalue weighted by Crippen LogP contribution is -2.29. The Bertz CT molecular complexity index is 862. The minimum absolute atomic E-state index is 0.122. The number of rotatable bonds is 4. The number of benzene rings is 1. The van der Waals surface area contributed by atoms with Gasteiger partial charge in [-0.25, -0.2) is 0 Å². The first kappa shape index (κ1) is 15.8. The van der Waals surface area contributed by atoms with Gasteiger partial charge in [0, 0.05) is 6.20 Å². The van der Waals surface area contributed by atoms with Gasteiger partial charge < -0.3 is 5.32 Å². The molecule has 0 spiro atoms. The van der Waals surface area contributed by atoms with Gasteiger partial charge in [0.2, 0.25) is 5.91 Å². The van der Waals surface area contributed by atoms with E-state index in [2.05, 4.69) is 15.5 Å². The number of hydrogen-bond acceptors (Lipinski definition) is 3. The second-order valence-electron chi connectivity index (χ2n) is 5.20. The molecular weight excluding hydrogens is 335 g/mol. The van der Waals surface area contributed by atoms with Crippen molar-refractivity contribution in [1.29, 1.82) is 0 Å². The van der Waals surface area contributed by atoms with Gasteiger partial charge in [0.05, 0.1) is 22.5 Å². The highest BCUT2D eigenvalue weighted by Crippen LogP contribution is 2.23. The Morgan fingerprint density at radius 1 is 1.22 bits per heavy atom. The van der Waals surface area contributed by atoms with E-state index in [-0.39, 0.29) is 18.4 Å². The zero-order valence-electron chi connectivity index (χ0n) is 12.3. The minimum atomic E-state index is -0.261. The number of halogens is 2. The van der Waals surface area contributed by atoms with Crippen molar-refractivity contribution in [3.63, 3.8) is 0 Å². The van der Waals surface area contributed by atoms with Crippen LogP contribution in [0.3, 0.4) is 0 Å². The molecule has 0 aliphatic rings. The Morgan fingerprint density at radius 2 is 2.04 bits per heavy atom. The zero-order valence-corrected chi connectivity index (χ0v) is 13.8. The van der Waals surface area contributed by atoms with Crippen molar-refractivity contribution < 1.29 is 4.79 Å². The SMILES string of the molecule is CC(NC(=O)Cc1ccc(Cl)c(Cl)c1)c1nnc2ccccn12. The lowest BCUT2D eigenvalue weighted by atomic mass is 10.1. The molecule has 2 heterocycles. The van der Waals surface area contributed by atoms with Crippen molar-refractivity contribution in [3.8, 4) is 0 Å². The third-order valence-electron chi connectivity index (χ3n) is 3.45. The zero-order chi connectivity index (χ0) is 16.4. The molecule has 0 saturated heterocycles. The summed E-state index contributed by atoms with van der Waals surface area (Å²) in [5, 5.41) is 12.1. The molecule has 1 unspecified atom stereocenters. The first-order valence-corrected chi connectivity index (χ1v) is 7.83. The average molecular weight is 349 g/mol. The van der Waals surface area contributed by atoms with Gasteiger partial charge in [-0.15, -0.1) is 10.2 Å². The smallest absolute Gasteiger partial charge is 0.224 e. The third kappa shape index (κ3) is 3.46. The molecule has 3 rings (SSSR count). The van der Waals surface area contributed by atoms with Gasteiger partial charge in [0.25, 0.3) is 0 Å². The average Bonchev–Trinajstić information content (AvgIpc) is 2.95. The van der Waals surface area contributed by atoms with Gasteiger partial charge in [-0.3, -0.25) is 9.20 Å². The molecule has 7 heteroatoms. The van der Waals surface area contributed by atoms with Crippen LogP contribution >= 0.6 is 23.2 Å². The Balaban J connectivity index is 1.70. The molecule has 2 aromatic heterocycles. The van der Waals surface area contributed by atoms with Gasteiger partial charge in [-0.2, -0.15) is 0 Å². The number of fused-ring (bicyclic) bond motifs is 1. The molecule has 0 aliphatic carbocycles. The number of pyridine rings is 1. The molecule has 118 valence electrons. The second kappa shape index (κ2) is 6.56. The molecule has 0 radical (unpaired) electrons. The second-order valence-corrected chi connectivity index (χ2v) is 6.02. The van der Waals surface area contributed by atoms with Crippen molar-refractivity contribution in [2.75, 3.05) is 0 Å².